The molecule has 2 rings (SSSR count). The Morgan fingerprint density at radius 3 is 2.94 bits per heavy atom. The summed E-state index contributed by atoms with van der Waals surface area (Å²) >= 11 is 3.33. The monoisotopic (exact) mass is 302 g/mol. The lowest BCUT2D eigenvalue weighted by atomic mass is 10.1. The second kappa shape index (κ2) is 5.91. The summed E-state index contributed by atoms with van der Waals surface area (Å²) in [5.41, 5.74) is 0.632. The third-order valence-electron chi connectivity index (χ3n) is 3.07. The Morgan fingerprint density at radius 1 is 1.47 bits per heavy atom. The van der Waals surface area contributed by atoms with Gasteiger partial charge in [0.2, 0.25) is 0 Å². The molecule has 0 bridgehead atoms. The Balaban J connectivity index is 1.86. The topological polar surface area (TPSA) is 44.3 Å². The Hall–Kier alpha value is -0.490. The lowest BCUT2D eigenvalue weighted by molar-refractivity contribution is 0.146. The zero-order valence-electron chi connectivity index (χ0n) is 9.42. The molecule has 1 fully saturated rings. The standard InChI is InChI=1S/C12H16BrFN2O/c13-10-2-1-3-11(14)9(10)6-15-4-8-5-16-7-12(8)17/h1-3,8,12,15-17H,4-7H2. The number of benzene rings is 1. The largest absolute Gasteiger partial charge is 0.391 e. The Labute approximate surface area is 109 Å². The van der Waals surface area contributed by atoms with Crippen LogP contribution in [0.5, 0.6) is 0 Å². The van der Waals surface area contributed by atoms with Crippen LogP contribution in [0, 0.1) is 11.7 Å². The third kappa shape index (κ3) is 3.25. The molecule has 0 spiro atoms. The van der Waals surface area contributed by atoms with E-state index in [0.717, 1.165) is 11.0 Å². The van der Waals surface area contributed by atoms with Crippen LogP contribution in [0.2, 0.25) is 0 Å². The average molecular weight is 303 g/mol. The molecule has 1 aliphatic heterocycles. The van der Waals surface area contributed by atoms with Gasteiger partial charge in [0, 0.05) is 42.1 Å². The molecule has 1 aromatic rings. The van der Waals surface area contributed by atoms with Crippen molar-refractivity contribution in [2.24, 2.45) is 5.92 Å². The van der Waals surface area contributed by atoms with E-state index < -0.39 is 0 Å². The molecule has 94 valence electrons. The second-order valence-corrected chi connectivity index (χ2v) is 5.17. The first kappa shape index (κ1) is 13.0. The minimum atomic E-state index is -0.299. The van der Waals surface area contributed by atoms with Gasteiger partial charge in [0.25, 0.3) is 0 Å². The lowest BCUT2D eigenvalue weighted by Gasteiger charge is -2.14. The number of hydrogen-bond acceptors (Lipinski definition) is 3. The summed E-state index contributed by atoms with van der Waals surface area (Å²) in [4.78, 5) is 0. The molecule has 17 heavy (non-hydrogen) atoms. The van der Waals surface area contributed by atoms with Crippen molar-refractivity contribution in [2.45, 2.75) is 12.6 Å². The highest BCUT2D eigenvalue weighted by atomic mass is 79.9. The maximum Gasteiger partial charge on any atom is 0.128 e. The van der Waals surface area contributed by atoms with Crippen molar-refractivity contribution in [2.75, 3.05) is 19.6 Å². The number of hydrogen-bond donors (Lipinski definition) is 3. The van der Waals surface area contributed by atoms with Gasteiger partial charge in [-0.1, -0.05) is 22.0 Å². The minimum Gasteiger partial charge on any atom is -0.391 e. The van der Waals surface area contributed by atoms with Crippen LogP contribution in [0.4, 0.5) is 4.39 Å². The number of β-amino-alcohol motifs (C(OH)–C–C–N with tert-alkyl or cyclic N) is 1. The van der Waals surface area contributed by atoms with Gasteiger partial charge in [-0.25, -0.2) is 4.39 Å². The molecule has 3 nitrogen and oxygen atoms in total. The molecule has 0 aliphatic carbocycles. The van der Waals surface area contributed by atoms with E-state index >= 15 is 0 Å². The number of halogens is 2. The van der Waals surface area contributed by atoms with Crippen molar-refractivity contribution in [1.82, 2.24) is 10.6 Å². The summed E-state index contributed by atoms with van der Waals surface area (Å²) in [5.74, 6) is -0.00230. The Kier molecular flexibility index (Phi) is 4.50. The van der Waals surface area contributed by atoms with Crippen LogP contribution in [0.1, 0.15) is 5.56 Å². The highest BCUT2D eigenvalue weighted by Crippen LogP contribution is 2.19. The molecule has 1 heterocycles. The van der Waals surface area contributed by atoms with Crippen LogP contribution in [-0.2, 0) is 6.54 Å². The predicted octanol–water partition coefficient (Wildman–Crippen LogP) is 1.26. The molecule has 5 heteroatoms. The van der Waals surface area contributed by atoms with Gasteiger partial charge in [0.1, 0.15) is 5.82 Å². The van der Waals surface area contributed by atoms with Gasteiger partial charge >= 0.3 is 0 Å². The van der Waals surface area contributed by atoms with Crippen molar-refractivity contribution < 1.29 is 9.50 Å². The molecule has 2 unspecified atom stereocenters. The Bertz CT molecular complexity index is 369. The van der Waals surface area contributed by atoms with Crippen LogP contribution >= 0.6 is 15.9 Å². The molecule has 2 atom stereocenters. The van der Waals surface area contributed by atoms with Crippen LogP contribution in [0.3, 0.4) is 0 Å². The number of aliphatic hydroxyl groups is 1. The predicted molar refractivity (Wildman–Crippen MR) is 68.2 cm³/mol. The van der Waals surface area contributed by atoms with Gasteiger partial charge in [-0.15, -0.1) is 0 Å². The van der Waals surface area contributed by atoms with Crippen molar-refractivity contribution in [3.63, 3.8) is 0 Å². The lowest BCUT2D eigenvalue weighted by Crippen LogP contribution is -2.30. The smallest absolute Gasteiger partial charge is 0.128 e. The highest BCUT2D eigenvalue weighted by molar-refractivity contribution is 9.10. The second-order valence-electron chi connectivity index (χ2n) is 4.32. The van der Waals surface area contributed by atoms with Crippen LogP contribution in [-0.4, -0.2) is 30.8 Å². The van der Waals surface area contributed by atoms with Crippen molar-refractivity contribution in [1.29, 1.82) is 0 Å². The van der Waals surface area contributed by atoms with E-state index in [1.165, 1.54) is 6.07 Å². The Morgan fingerprint density at radius 2 is 2.29 bits per heavy atom. The molecule has 3 N–H and O–H groups in total. The fourth-order valence-electron chi connectivity index (χ4n) is 2.01. The first-order chi connectivity index (χ1) is 8.18. The van der Waals surface area contributed by atoms with E-state index in [-0.39, 0.29) is 17.8 Å². The van der Waals surface area contributed by atoms with Crippen molar-refractivity contribution in [3.8, 4) is 0 Å². The van der Waals surface area contributed by atoms with Crippen molar-refractivity contribution in [3.05, 3.63) is 34.1 Å². The molecule has 0 radical (unpaired) electrons. The summed E-state index contributed by atoms with van der Waals surface area (Å²) in [6.45, 7) is 2.62. The first-order valence-electron chi connectivity index (χ1n) is 5.71. The first-order valence-corrected chi connectivity index (χ1v) is 6.50. The molecular formula is C12H16BrFN2O. The zero-order chi connectivity index (χ0) is 12.3. The molecular weight excluding hydrogens is 287 g/mol. The maximum absolute atomic E-state index is 13.5. The summed E-state index contributed by atoms with van der Waals surface area (Å²) in [6, 6.07) is 4.95. The summed E-state index contributed by atoms with van der Waals surface area (Å²) in [5, 5.41) is 15.9. The van der Waals surface area contributed by atoms with E-state index in [1.54, 1.807) is 6.07 Å². The molecule has 0 aromatic heterocycles. The van der Waals surface area contributed by atoms with Crippen LogP contribution < -0.4 is 10.6 Å². The van der Waals surface area contributed by atoms with Crippen LogP contribution in [0.15, 0.2) is 22.7 Å². The zero-order valence-corrected chi connectivity index (χ0v) is 11.0. The summed E-state index contributed by atoms with van der Waals surface area (Å²) < 4.78 is 14.3. The third-order valence-corrected chi connectivity index (χ3v) is 3.82. The van der Waals surface area contributed by atoms with Gasteiger partial charge in [0.15, 0.2) is 0 Å². The van der Waals surface area contributed by atoms with Gasteiger partial charge in [-0.3, -0.25) is 0 Å². The summed E-state index contributed by atoms with van der Waals surface area (Å²) in [6.07, 6.45) is -0.299. The van der Waals surface area contributed by atoms with Crippen LogP contribution in [0.25, 0.3) is 0 Å². The maximum atomic E-state index is 13.5. The molecule has 1 aromatic carbocycles. The number of nitrogens with one attached hydrogen (secondary N) is 2. The SMILES string of the molecule is OC1CNCC1CNCc1c(F)cccc1Br. The van der Waals surface area contributed by atoms with Gasteiger partial charge < -0.3 is 15.7 Å². The number of rotatable bonds is 4. The quantitative estimate of drug-likeness (QED) is 0.784. The number of aliphatic hydroxyl groups excluding tert-OH is 1. The fourth-order valence-corrected chi connectivity index (χ4v) is 2.49. The molecule has 1 saturated heterocycles. The molecule has 0 amide bonds. The van der Waals surface area contributed by atoms with E-state index in [0.29, 0.717) is 25.2 Å². The van der Waals surface area contributed by atoms with Gasteiger partial charge in [-0.05, 0) is 12.1 Å². The highest BCUT2D eigenvalue weighted by Gasteiger charge is 2.24. The average Bonchev–Trinajstić information content (AvgIpc) is 2.69. The molecule has 1 aliphatic rings. The fraction of sp³-hybridized carbons (Fsp3) is 0.500. The van der Waals surface area contributed by atoms with Crippen molar-refractivity contribution >= 4 is 15.9 Å². The van der Waals surface area contributed by atoms with E-state index in [9.17, 15) is 9.50 Å². The molecule has 0 saturated carbocycles. The van der Waals surface area contributed by atoms with Gasteiger partial charge in [0.05, 0.1) is 6.10 Å². The van der Waals surface area contributed by atoms with Gasteiger partial charge in [-0.2, -0.15) is 0 Å². The van der Waals surface area contributed by atoms with E-state index in [4.69, 9.17) is 0 Å². The van der Waals surface area contributed by atoms with E-state index in [1.807, 2.05) is 6.07 Å². The minimum absolute atomic E-state index is 0.209. The summed E-state index contributed by atoms with van der Waals surface area (Å²) in [7, 11) is 0. The normalized spacial score (nSPS) is 24.2. The van der Waals surface area contributed by atoms with E-state index in [2.05, 4.69) is 26.6 Å².